The van der Waals surface area contributed by atoms with Gasteiger partial charge in [-0.1, -0.05) is 60.5 Å². The second-order valence-electron chi connectivity index (χ2n) is 15.5. The molecular formula is C46H56N4O11. The van der Waals surface area contributed by atoms with Crippen LogP contribution in [0.4, 0.5) is 15.3 Å². The molecule has 3 N–H and O–H groups in total. The minimum Gasteiger partial charge on any atom is -0.459 e. The molecule has 61 heavy (non-hydrogen) atoms. The molecule has 2 aliphatic carbocycles. The molecule has 1 saturated carbocycles. The minimum absolute atomic E-state index is 0.0233. The Hall–Kier alpha value is -5.77. The lowest BCUT2D eigenvalue weighted by Crippen LogP contribution is -2.69. The normalized spacial score (nSPS) is 23.0. The molecule has 3 aliphatic rings. The lowest BCUT2D eigenvalue weighted by Gasteiger charge is -2.59. The van der Waals surface area contributed by atoms with Crippen molar-refractivity contribution in [2.45, 2.75) is 82.8 Å². The number of amides is 2. The van der Waals surface area contributed by atoms with Gasteiger partial charge in [-0.05, 0) is 91.5 Å². The molecule has 6 atom stereocenters. The second kappa shape index (κ2) is 21.2. The van der Waals surface area contributed by atoms with Crippen LogP contribution in [0.1, 0.15) is 74.5 Å². The Morgan fingerprint density at radius 3 is 2.46 bits per heavy atom. The summed E-state index contributed by atoms with van der Waals surface area (Å²) >= 11 is 0. The highest BCUT2D eigenvalue weighted by Gasteiger charge is 2.65. The third kappa shape index (κ3) is 10.4. The molecule has 15 heteroatoms. The number of ether oxygens (including phenoxy) is 4. The number of carbonyl (C=O) groups is 2. The standard InChI is InChI=1S/C46H56N4O11/c1-4-25-58-46-41(49(3)45(54)57-5-2)28-39(48-59-30-32-17-19-34(20-18-32)50(55)56)37-26-33(15-9-11-23-51)36(16-10-12-24-52)42(43(37)46)38-27-35(21-22-40(38)61-46)60-44(53)47-29-31-13-7-6-8-14-31/h4,6-8,13-14,17-22,26-27,33,36,41-43,51-52H,1,5,9-12,15-16,23-25,28-30H2,2-3H3,(H,47,53)/t33-,36+,41-,42+,43+,46+/m0/s1. The summed E-state index contributed by atoms with van der Waals surface area (Å²) < 4.78 is 25.4. The number of oxime groups is 1. The van der Waals surface area contributed by atoms with Crippen molar-refractivity contribution < 1.29 is 48.5 Å². The zero-order valence-electron chi connectivity index (χ0n) is 34.8. The fraction of sp³-hybridized carbons (Fsp3) is 0.457. The highest BCUT2D eigenvalue weighted by molar-refractivity contribution is 6.03. The predicted octanol–water partition coefficient (Wildman–Crippen LogP) is 7.81. The van der Waals surface area contributed by atoms with Gasteiger partial charge in [0, 0.05) is 56.8 Å². The van der Waals surface area contributed by atoms with E-state index in [-0.39, 0.29) is 69.4 Å². The first-order chi connectivity index (χ1) is 29.6. The van der Waals surface area contributed by atoms with Crippen LogP contribution in [-0.4, -0.2) is 83.2 Å². The van der Waals surface area contributed by atoms with E-state index in [9.17, 15) is 29.9 Å². The number of non-ortho nitro benzene ring substituents is 1. The molecule has 1 heterocycles. The summed E-state index contributed by atoms with van der Waals surface area (Å²) in [5, 5.41) is 38.6. The third-order valence-corrected chi connectivity index (χ3v) is 11.7. The molecule has 6 rings (SSSR count). The third-order valence-electron chi connectivity index (χ3n) is 11.7. The first kappa shape index (κ1) is 44.8. The van der Waals surface area contributed by atoms with Gasteiger partial charge in [0.15, 0.2) is 0 Å². The Balaban J connectivity index is 1.48. The summed E-state index contributed by atoms with van der Waals surface area (Å²) in [5.41, 5.74) is 3.72. The number of carbonyl (C=O) groups excluding carboxylic acids is 2. The number of nitro groups is 1. The number of fused-ring (bicyclic) bond motifs is 2. The molecule has 326 valence electrons. The van der Waals surface area contributed by atoms with E-state index in [2.05, 4.69) is 18.0 Å². The van der Waals surface area contributed by atoms with Crippen molar-refractivity contribution in [2.75, 3.05) is 33.5 Å². The van der Waals surface area contributed by atoms with Gasteiger partial charge in [0.2, 0.25) is 5.79 Å². The van der Waals surface area contributed by atoms with Gasteiger partial charge in [-0.3, -0.25) is 10.1 Å². The second-order valence-corrected chi connectivity index (χ2v) is 15.5. The largest absolute Gasteiger partial charge is 0.459 e. The summed E-state index contributed by atoms with van der Waals surface area (Å²) in [4.78, 5) is 45.2. The molecule has 0 bridgehead atoms. The highest BCUT2D eigenvalue weighted by Crippen LogP contribution is 2.61. The van der Waals surface area contributed by atoms with E-state index in [0.717, 1.165) is 42.4 Å². The first-order valence-corrected chi connectivity index (χ1v) is 21.0. The maximum atomic E-state index is 13.7. The number of aliphatic hydroxyl groups is 2. The van der Waals surface area contributed by atoms with E-state index < -0.39 is 34.9 Å². The van der Waals surface area contributed by atoms with Crippen LogP contribution >= 0.6 is 0 Å². The monoisotopic (exact) mass is 840 g/mol. The van der Waals surface area contributed by atoms with E-state index >= 15 is 0 Å². The molecule has 0 unspecified atom stereocenters. The van der Waals surface area contributed by atoms with Gasteiger partial charge in [-0.15, -0.1) is 6.58 Å². The van der Waals surface area contributed by atoms with Crippen LogP contribution in [0, 0.1) is 27.9 Å². The zero-order chi connectivity index (χ0) is 43.4. The molecule has 3 aromatic rings. The summed E-state index contributed by atoms with van der Waals surface area (Å²) in [6.45, 7) is 6.29. The zero-order valence-corrected chi connectivity index (χ0v) is 34.8. The van der Waals surface area contributed by atoms with Crippen LogP contribution in [0.5, 0.6) is 11.5 Å². The number of likely N-dealkylation sites (N-methyl/N-ethyl adjacent to an activating group) is 1. The number of rotatable bonds is 20. The molecule has 15 nitrogen and oxygen atoms in total. The van der Waals surface area contributed by atoms with E-state index in [1.807, 2.05) is 36.4 Å². The Bertz CT molecular complexity index is 2040. The van der Waals surface area contributed by atoms with Crippen LogP contribution in [0.2, 0.25) is 0 Å². The number of allylic oxidation sites excluding steroid dienone is 1. The molecule has 0 radical (unpaired) electrons. The number of nitro benzene ring substituents is 1. The van der Waals surface area contributed by atoms with Gasteiger partial charge in [0.1, 0.15) is 24.1 Å². The van der Waals surface area contributed by atoms with Gasteiger partial charge < -0.3 is 44.2 Å². The van der Waals surface area contributed by atoms with E-state index in [4.69, 9.17) is 28.9 Å². The quantitative estimate of drug-likeness (QED) is 0.0435. The van der Waals surface area contributed by atoms with Crippen molar-refractivity contribution in [1.29, 1.82) is 0 Å². The number of hydrogen-bond acceptors (Lipinski definition) is 12. The lowest BCUT2D eigenvalue weighted by atomic mass is 9.55. The average Bonchev–Trinajstić information content (AvgIpc) is 3.26. The number of nitrogens with zero attached hydrogens (tertiary/aromatic N) is 3. The Morgan fingerprint density at radius 2 is 1.77 bits per heavy atom. The van der Waals surface area contributed by atoms with Crippen molar-refractivity contribution in [1.82, 2.24) is 10.2 Å². The summed E-state index contributed by atoms with van der Waals surface area (Å²) in [6, 6.07) is 20.1. The predicted molar refractivity (Wildman–Crippen MR) is 227 cm³/mol. The van der Waals surface area contributed by atoms with Crippen molar-refractivity contribution in [3.05, 3.63) is 124 Å². The number of unbranched alkanes of at least 4 members (excludes halogenated alkanes) is 2. The van der Waals surface area contributed by atoms with Crippen molar-refractivity contribution in [2.24, 2.45) is 22.9 Å². The van der Waals surface area contributed by atoms with Crippen LogP contribution in [0.25, 0.3) is 0 Å². The van der Waals surface area contributed by atoms with Crippen LogP contribution < -0.4 is 14.8 Å². The number of hydrogen-bond donors (Lipinski definition) is 3. The molecule has 0 aromatic heterocycles. The Kier molecular flexibility index (Phi) is 15.5. The van der Waals surface area contributed by atoms with Gasteiger partial charge in [-0.2, -0.15) is 0 Å². The number of benzene rings is 3. The van der Waals surface area contributed by atoms with Crippen LogP contribution in [-0.2, 0) is 27.5 Å². The maximum absolute atomic E-state index is 13.7. The van der Waals surface area contributed by atoms with Gasteiger partial charge in [-0.25, -0.2) is 9.59 Å². The molecule has 2 amide bonds. The van der Waals surface area contributed by atoms with Crippen LogP contribution in [0.3, 0.4) is 0 Å². The highest BCUT2D eigenvalue weighted by atomic mass is 16.7. The molecule has 1 aliphatic heterocycles. The molecule has 3 aromatic carbocycles. The minimum atomic E-state index is -1.49. The summed E-state index contributed by atoms with van der Waals surface area (Å²) in [7, 11) is 1.64. The topological polar surface area (TPSA) is 192 Å². The SMILES string of the molecule is C=CCO[C@@]12Oc3ccc(OC(=O)NCc4ccccc4)cc3[C@H]3[C@H](CCCCO)[C@@H](CCCCO)C=C(C(=NOCc4ccc([N+](=O)[O-])cc4)C[C@@H]1N(C)C(=O)OCC)[C@H]32. The van der Waals surface area contributed by atoms with Gasteiger partial charge >= 0.3 is 12.2 Å². The number of nitrogens with one attached hydrogen (secondary N) is 1. The van der Waals surface area contributed by atoms with Crippen molar-refractivity contribution in [3.63, 3.8) is 0 Å². The molecule has 0 spiro atoms. The Labute approximate surface area is 356 Å². The Morgan fingerprint density at radius 1 is 1.03 bits per heavy atom. The van der Waals surface area contributed by atoms with Crippen molar-refractivity contribution >= 4 is 23.6 Å². The summed E-state index contributed by atoms with van der Waals surface area (Å²) in [5.74, 6) is -1.69. The van der Waals surface area contributed by atoms with E-state index in [1.54, 1.807) is 44.3 Å². The molecule has 0 saturated heterocycles. The average molecular weight is 841 g/mol. The maximum Gasteiger partial charge on any atom is 0.412 e. The lowest BCUT2D eigenvalue weighted by molar-refractivity contribution is -0.384. The fourth-order valence-corrected chi connectivity index (χ4v) is 8.96. The fourth-order valence-electron chi connectivity index (χ4n) is 8.96. The van der Waals surface area contributed by atoms with Gasteiger partial charge in [0.05, 0.1) is 29.8 Å². The first-order valence-electron chi connectivity index (χ1n) is 21.0. The smallest absolute Gasteiger partial charge is 0.412 e. The molecular weight excluding hydrogens is 785 g/mol. The van der Waals surface area contributed by atoms with E-state index in [0.29, 0.717) is 35.6 Å². The summed E-state index contributed by atoms with van der Waals surface area (Å²) in [6.07, 6.45) is 6.95. The molecule has 1 fully saturated rings. The van der Waals surface area contributed by atoms with Crippen LogP contribution in [0.15, 0.2) is 102 Å². The van der Waals surface area contributed by atoms with E-state index in [1.165, 1.54) is 17.0 Å². The van der Waals surface area contributed by atoms with Crippen molar-refractivity contribution in [3.8, 4) is 11.5 Å². The van der Waals surface area contributed by atoms with Gasteiger partial charge in [0.25, 0.3) is 5.69 Å². The number of aliphatic hydroxyl groups excluding tert-OH is 2.